The molecule has 5 nitrogen and oxygen atoms in total. The van der Waals surface area contributed by atoms with Crippen LogP contribution in [0.5, 0.6) is 0 Å². The third kappa shape index (κ3) is 3.19. The van der Waals surface area contributed by atoms with Crippen LogP contribution in [0.1, 0.15) is 43.6 Å². The zero-order valence-corrected chi connectivity index (χ0v) is 16.4. The molecule has 5 heteroatoms. The highest BCUT2D eigenvalue weighted by molar-refractivity contribution is 5.69. The number of aromatic amines is 1. The lowest BCUT2D eigenvalue weighted by atomic mass is 9.87. The highest BCUT2D eigenvalue weighted by atomic mass is 15.4. The highest BCUT2D eigenvalue weighted by Gasteiger charge is 2.32. The number of anilines is 3. The molecule has 3 N–H and O–H groups in total. The molecule has 1 aliphatic heterocycles. The Morgan fingerprint density at radius 2 is 1.63 bits per heavy atom. The second kappa shape index (κ2) is 6.43. The summed E-state index contributed by atoms with van der Waals surface area (Å²) in [7, 11) is 0. The third-order valence-electron chi connectivity index (χ3n) is 5.26. The van der Waals surface area contributed by atoms with E-state index in [1.807, 2.05) is 6.20 Å². The Balaban J connectivity index is 1.72. The smallest absolute Gasteiger partial charge is 0.162 e. The molecule has 27 heavy (non-hydrogen) atoms. The quantitative estimate of drug-likeness (QED) is 0.701. The van der Waals surface area contributed by atoms with Crippen molar-refractivity contribution in [2.75, 3.05) is 16.5 Å². The number of H-pyrrole nitrogens is 1. The Hall–Kier alpha value is -2.79. The highest BCUT2D eigenvalue weighted by Crippen LogP contribution is 2.38. The summed E-state index contributed by atoms with van der Waals surface area (Å²) >= 11 is 0. The van der Waals surface area contributed by atoms with Crippen molar-refractivity contribution in [3.63, 3.8) is 0 Å². The van der Waals surface area contributed by atoms with Gasteiger partial charge in [0.1, 0.15) is 6.17 Å². The van der Waals surface area contributed by atoms with Gasteiger partial charge in [-0.25, -0.2) is 0 Å². The van der Waals surface area contributed by atoms with Crippen LogP contribution >= 0.6 is 0 Å². The predicted octanol–water partition coefficient (Wildman–Crippen LogP) is 4.59. The second-order valence-electron chi connectivity index (χ2n) is 8.28. The number of hydrogen-bond acceptors (Lipinski definition) is 4. The molecular formula is C22H27N5. The molecule has 0 spiro atoms. The number of nitrogens with zero attached hydrogens (tertiary/aromatic N) is 3. The topological polar surface area (TPSA) is 61.2 Å². The first-order chi connectivity index (χ1) is 12.8. The van der Waals surface area contributed by atoms with E-state index in [4.69, 9.17) is 5.73 Å². The molecular weight excluding hydrogens is 334 g/mol. The van der Waals surface area contributed by atoms with E-state index in [1.165, 1.54) is 11.1 Å². The maximum absolute atomic E-state index is 6.57. The van der Waals surface area contributed by atoms with Crippen molar-refractivity contribution in [2.45, 2.75) is 39.3 Å². The van der Waals surface area contributed by atoms with Gasteiger partial charge in [-0.1, -0.05) is 50.6 Å². The van der Waals surface area contributed by atoms with Crippen LogP contribution in [0.4, 0.5) is 17.2 Å². The zero-order valence-electron chi connectivity index (χ0n) is 16.4. The lowest BCUT2D eigenvalue weighted by Crippen LogP contribution is -2.46. The molecule has 0 bridgehead atoms. The van der Waals surface area contributed by atoms with Gasteiger partial charge in [-0.3, -0.25) is 5.10 Å². The molecule has 140 valence electrons. The van der Waals surface area contributed by atoms with E-state index < -0.39 is 0 Å². The summed E-state index contributed by atoms with van der Waals surface area (Å²) in [5.74, 6) is 0.898. The van der Waals surface area contributed by atoms with E-state index >= 15 is 0 Å². The average molecular weight is 361 g/mol. The summed E-state index contributed by atoms with van der Waals surface area (Å²) in [6.07, 6.45) is 1.67. The second-order valence-corrected chi connectivity index (χ2v) is 8.28. The van der Waals surface area contributed by atoms with Crippen LogP contribution in [0.25, 0.3) is 0 Å². The summed E-state index contributed by atoms with van der Waals surface area (Å²) in [5.41, 5.74) is 12.5. The van der Waals surface area contributed by atoms with Crippen LogP contribution < -0.4 is 15.5 Å². The van der Waals surface area contributed by atoms with Gasteiger partial charge in [-0.15, -0.1) is 0 Å². The van der Waals surface area contributed by atoms with Crippen molar-refractivity contribution >= 4 is 17.2 Å². The number of nitrogens with two attached hydrogens (primary N) is 1. The lowest BCUT2D eigenvalue weighted by molar-refractivity contribution is 0.589. The molecule has 1 unspecified atom stereocenters. The fourth-order valence-corrected chi connectivity index (χ4v) is 3.52. The van der Waals surface area contributed by atoms with E-state index in [2.05, 4.69) is 96.2 Å². The third-order valence-corrected chi connectivity index (χ3v) is 5.26. The minimum Gasteiger partial charge on any atom is -0.334 e. The Morgan fingerprint density at radius 1 is 1.00 bits per heavy atom. The number of benzene rings is 2. The van der Waals surface area contributed by atoms with Crippen LogP contribution in [-0.4, -0.2) is 16.9 Å². The van der Waals surface area contributed by atoms with Gasteiger partial charge in [0, 0.05) is 17.6 Å². The van der Waals surface area contributed by atoms with Gasteiger partial charge in [0.15, 0.2) is 5.82 Å². The molecule has 0 fully saturated rings. The molecule has 4 rings (SSSR count). The number of rotatable bonds is 2. The summed E-state index contributed by atoms with van der Waals surface area (Å²) < 4.78 is 0. The first-order valence-electron chi connectivity index (χ1n) is 9.35. The van der Waals surface area contributed by atoms with Crippen molar-refractivity contribution in [1.82, 2.24) is 10.2 Å². The summed E-state index contributed by atoms with van der Waals surface area (Å²) in [4.78, 5) is 4.41. The average Bonchev–Trinajstić information content (AvgIpc) is 3.13. The van der Waals surface area contributed by atoms with E-state index in [1.54, 1.807) is 0 Å². The SMILES string of the molecule is Cc1ccc(N2CN(c3ccc(C(C)(C)C)cc3)c3n[nH]cc3C2N)cc1. The number of hydrogen-bond donors (Lipinski definition) is 2. The van der Waals surface area contributed by atoms with Crippen molar-refractivity contribution in [3.8, 4) is 0 Å². The Kier molecular flexibility index (Phi) is 4.19. The van der Waals surface area contributed by atoms with Crippen LogP contribution in [0.2, 0.25) is 0 Å². The van der Waals surface area contributed by atoms with E-state index in [-0.39, 0.29) is 11.6 Å². The fraction of sp³-hybridized carbons (Fsp3) is 0.318. The van der Waals surface area contributed by atoms with Gasteiger partial charge >= 0.3 is 0 Å². The minimum absolute atomic E-state index is 0.133. The van der Waals surface area contributed by atoms with Gasteiger partial charge < -0.3 is 15.5 Å². The zero-order chi connectivity index (χ0) is 19.2. The van der Waals surface area contributed by atoms with Crippen LogP contribution in [0.15, 0.2) is 54.7 Å². The molecule has 0 saturated carbocycles. The Labute approximate surface area is 160 Å². The van der Waals surface area contributed by atoms with Gasteiger partial charge in [-0.2, -0.15) is 5.10 Å². The maximum Gasteiger partial charge on any atom is 0.162 e. The summed E-state index contributed by atoms with van der Waals surface area (Å²) in [6.45, 7) is 9.43. The van der Waals surface area contributed by atoms with Crippen LogP contribution in [-0.2, 0) is 5.41 Å². The first kappa shape index (κ1) is 17.6. The molecule has 0 radical (unpaired) electrons. The molecule has 1 atom stereocenters. The van der Waals surface area contributed by atoms with Gasteiger partial charge in [0.05, 0.1) is 12.2 Å². The van der Waals surface area contributed by atoms with Crippen molar-refractivity contribution < 1.29 is 0 Å². The normalized spacial score (nSPS) is 17.1. The van der Waals surface area contributed by atoms with Crippen molar-refractivity contribution in [1.29, 1.82) is 0 Å². The Bertz CT molecular complexity index is 919. The van der Waals surface area contributed by atoms with Crippen molar-refractivity contribution in [2.24, 2.45) is 5.73 Å². The summed E-state index contributed by atoms with van der Waals surface area (Å²) in [6, 6.07) is 17.2. The number of nitrogens with one attached hydrogen (secondary N) is 1. The fourth-order valence-electron chi connectivity index (χ4n) is 3.52. The number of aryl methyl sites for hydroxylation is 1. The lowest BCUT2D eigenvalue weighted by Gasteiger charge is -2.41. The molecule has 1 aliphatic rings. The van der Waals surface area contributed by atoms with Gasteiger partial charge in [0.2, 0.25) is 0 Å². The van der Waals surface area contributed by atoms with Crippen LogP contribution in [0, 0.1) is 6.92 Å². The predicted molar refractivity (Wildman–Crippen MR) is 111 cm³/mol. The number of aromatic nitrogens is 2. The van der Waals surface area contributed by atoms with Crippen LogP contribution in [0.3, 0.4) is 0 Å². The Morgan fingerprint density at radius 3 is 2.26 bits per heavy atom. The standard InChI is InChI=1S/C22H27N5/c1-15-5-9-17(10-6-15)26-14-27(21-19(20(26)23)13-24-25-21)18-11-7-16(8-12-18)22(2,3)4/h5-13,20H,14,23H2,1-4H3,(H,24,25). The molecule has 0 amide bonds. The van der Waals surface area contributed by atoms with E-state index in [0.29, 0.717) is 6.67 Å². The monoisotopic (exact) mass is 361 g/mol. The van der Waals surface area contributed by atoms with Crippen molar-refractivity contribution in [3.05, 3.63) is 71.4 Å². The molecule has 0 saturated heterocycles. The van der Waals surface area contributed by atoms with E-state index in [0.717, 1.165) is 22.8 Å². The number of fused-ring (bicyclic) bond motifs is 1. The molecule has 2 aromatic carbocycles. The van der Waals surface area contributed by atoms with E-state index in [9.17, 15) is 0 Å². The maximum atomic E-state index is 6.57. The molecule has 3 aromatic rings. The molecule has 2 heterocycles. The van der Waals surface area contributed by atoms with Gasteiger partial charge in [-0.05, 0) is 42.2 Å². The molecule has 0 aliphatic carbocycles. The molecule has 1 aromatic heterocycles. The largest absolute Gasteiger partial charge is 0.334 e. The summed E-state index contributed by atoms with van der Waals surface area (Å²) in [5, 5.41) is 7.46. The van der Waals surface area contributed by atoms with Gasteiger partial charge in [0.25, 0.3) is 0 Å². The first-order valence-corrected chi connectivity index (χ1v) is 9.35. The minimum atomic E-state index is -0.230.